The Bertz CT molecular complexity index is 1260. The summed E-state index contributed by atoms with van der Waals surface area (Å²) in [6.07, 6.45) is 2.43. The van der Waals surface area contributed by atoms with E-state index in [0.717, 1.165) is 17.0 Å². The summed E-state index contributed by atoms with van der Waals surface area (Å²) in [5, 5.41) is 12.4. The minimum Gasteiger partial charge on any atom is -0.480 e. The van der Waals surface area contributed by atoms with Crippen LogP contribution in [0.2, 0.25) is 0 Å². The molecule has 36 heavy (non-hydrogen) atoms. The highest BCUT2D eigenvalue weighted by molar-refractivity contribution is 6.01. The molecule has 0 spiro atoms. The Hall–Kier alpha value is -3.74. The third-order valence-corrected chi connectivity index (χ3v) is 6.01. The molecule has 1 fully saturated rings. The SMILES string of the molecule is CCOC(=O)C1=C(CN2CCC(F)(F)C2C(=O)O)NC(c2nccn2C)=NC1c1ccc(F)c(F)c1. The van der Waals surface area contributed by atoms with Crippen molar-refractivity contribution in [2.75, 3.05) is 19.7 Å². The molecule has 2 atom stereocenters. The molecule has 1 saturated heterocycles. The number of alkyl halides is 2. The van der Waals surface area contributed by atoms with Crippen LogP contribution in [-0.2, 0) is 21.4 Å². The Morgan fingerprint density at radius 2 is 2.03 bits per heavy atom. The Morgan fingerprint density at radius 1 is 1.28 bits per heavy atom. The first-order chi connectivity index (χ1) is 17.0. The molecule has 13 heteroatoms. The van der Waals surface area contributed by atoms with Crippen LogP contribution >= 0.6 is 0 Å². The number of aliphatic carboxylic acids is 1. The van der Waals surface area contributed by atoms with Gasteiger partial charge in [-0.05, 0) is 24.6 Å². The zero-order valence-electron chi connectivity index (χ0n) is 19.3. The van der Waals surface area contributed by atoms with Gasteiger partial charge in [0.05, 0.1) is 12.2 Å². The van der Waals surface area contributed by atoms with Gasteiger partial charge < -0.3 is 19.7 Å². The number of amidine groups is 1. The molecular weight excluding hydrogens is 486 g/mol. The van der Waals surface area contributed by atoms with Crippen molar-refractivity contribution in [1.82, 2.24) is 19.8 Å². The van der Waals surface area contributed by atoms with E-state index in [9.17, 15) is 32.3 Å². The van der Waals surface area contributed by atoms with Crippen LogP contribution in [-0.4, -0.2) is 69.0 Å². The lowest BCUT2D eigenvalue weighted by atomic mass is 9.95. The third kappa shape index (κ3) is 4.70. The van der Waals surface area contributed by atoms with Gasteiger partial charge in [-0.3, -0.25) is 14.7 Å². The molecular formula is C23H23F4N5O4. The van der Waals surface area contributed by atoms with Gasteiger partial charge in [0.15, 0.2) is 29.3 Å². The molecule has 2 aliphatic rings. The smallest absolute Gasteiger partial charge is 0.338 e. The molecule has 1 aromatic heterocycles. The van der Waals surface area contributed by atoms with Crippen molar-refractivity contribution in [1.29, 1.82) is 0 Å². The second-order valence-electron chi connectivity index (χ2n) is 8.38. The number of halogens is 4. The number of aliphatic imine (C=N–C) groups is 1. The van der Waals surface area contributed by atoms with Gasteiger partial charge in [0.2, 0.25) is 0 Å². The second kappa shape index (κ2) is 9.72. The number of carboxylic acids is 1. The van der Waals surface area contributed by atoms with Crippen molar-refractivity contribution < 1.29 is 37.0 Å². The molecule has 2 unspecified atom stereocenters. The molecule has 3 heterocycles. The number of aromatic nitrogens is 2. The molecule has 0 aliphatic carbocycles. The summed E-state index contributed by atoms with van der Waals surface area (Å²) in [4.78, 5) is 34.5. The molecule has 0 amide bonds. The summed E-state index contributed by atoms with van der Waals surface area (Å²) < 4.78 is 63.3. The number of benzene rings is 1. The Morgan fingerprint density at radius 3 is 2.64 bits per heavy atom. The predicted octanol–water partition coefficient (Wildman–Crippen LogP) is 2.40. The van der Waals surface area contributed by atoms with Gasteiger partial charge in [-0.2, -0.15) is 0 Å². The van der Waals surface area contributed by atoms with E-state index in [1.165, 1.54) is 12.3 Å². The molecule has 9 nitrogen and oxygen atoms in total. The minimum absolute atomic E-state index is 0.0322. The zero-order valence-corrected chi connectivity index (χ0v) is 19.3. The zero-order chi connectivity index (χ0) is 26.2. The lowest BCUT2D eigenvalue weighted by molar-refractivity contribution is -0.152. The van der Waals surface area contributed by atoms with Crippen LogP contribution in [0.4, 0.5) is 17.6 Å². The molecule has 1 aromatic carbocycles. The van der Waals surface area contributed by atoms with E-state index in [-0.39, 0.29) is 35.8 Å². The number of carbonyl (C=O) groups is 2. The van der Waals surface area contributed by atoms with Crippen LogP contribution in [0.25, 0.3) is 0 Å². The summed E-state index contributed by atoms with van der Waals surface area (Å²) in [6, 6.07) is -0.325. The number of ether oxygens (including phenoxy) is 1. The monoisotopic (exact) mass is 509 g/mol. The van der Waals surface area contributed by atoms with Gasteiger partial charge in [0, 0.05) is 44.6 Å². The van der Waals surface area contributed by atoms with Gasteiger partial charge in [0.1, 0.15) is 6.04 Å². The Balaban J connectivity index is 1.86. The van der Waals surface area contributed by atoms with Crippen molar-refractivity contribution in [3.8, 4) is 0 Å². The Kier molecular flexibility index (Phi) is 6.85. The maximum Gasteiger partial charge on any atom is 0.338 e. The predicted molar refractivity (Wildman–Crippen MR) is 118 cm³/mol. The summed E-state index contributed by atoms with van der Waals surface area (Å²) in [5.41, 5.74) is 0.00417. The average Bonchev–Trinajstić information content (AvgIpc) is 3.37. The minimum atomic E-state index is -3.48. The van der Waals surface area contributed by atoms with E-state index >= 15 is 0 Å². The van der Waals surface area contributed by atoms with Gasteiger partial charge in [-0.15, -0.1) is 0 Å². The summed E-state index contributed by atoms with van der Waals surface area (Å²) in [5.74, 6) is -7.90. The number of hydrogen-bond acceptors (Lipinski definition) is 7. The fourth-order valence-corrected chi connectivity index (χ4v) is 4.34. The van der Waals surface area contributed by atoms with Crippen molar-refractivity contribution in [3.63, 3.8) is 0 Å². The number of carboxylic acid groups (broad SMARTS) is 1. The van der Waals surface area contributed by atoms with Crippen LogP contribution in [0.1, 0.15) is 30.8 Å². The van der Waals surface area contributed by atoms with Gasteiger partial charge >= 0.3 is 11.9 Å². The number of aryl methyl sites for hydroxylation is 1. The first-order valence-corrected chi connectivity index (χ1v) is 11.1. The number of likely N-dealkylation sites (tertiary alicyclic amines) is 1. The van der Waals surface area contributed by atoms with Gasteiger partial charge in [0.25, 0.3) is 5.92 Å². The van der Waals surface area contributed by atoms with Crippen LogP contribution in [0, 0.1) is 11.6 Å². The van der Waals surface area contributed by atoms with E-state index in [0.29, 0.717) is 5.82 Å². The number of hydrogen-bond donors (Lipinski definition) is 2. The van der Waals surface area contributed by atoms with E-state index in [1.807, 2.05) is 0 Å². The molecule has 4 rings (SSSR count). The largest absolute Gasteiger partial charge is 0.480 e. The van der Waals surface area contributed by atoms with E-state index in [4.69, 9.17) is 4.74 Å². The second-order valence-corrected chi connectivity index (χ2v) is 8.38. The van der Waals surface area contributed by atoms with Crippen molar-refractivity contribution in [3.05, 3.63) is 64.9 Å². The van der Waals surface area contributed by atoms with Crippen LogP contribution in [0.3, 0.4) is 0 Å². The summed E-state index contributed by atoms with van der Waals surface area (Å²) in [6.45, 7) is 0.876. The molecule has 2 aliphatic heterocycles. The van der Waals surface area contributed by atoms with Crippen LogP contribution in [0.5, 0.6) is 0 Å². The fraction of sp³-hybridized carbons (Fsp3) is 0.391. The van der Waals surface area contributed by atoms with Gasteiger partial charge in [-0.1, -0.05) is 6.07 Å². The normalized spacial score (nSPS) is 21.8. The van der Waals surface area contributed by atoms with Crippen molar-refractivity contribution in [2.24, 2.45) is 12.0 Å². The molecule has 192 valence electrons. The molecule has 2 aromatic rings. The highest BCUT2D eigenvalue weighted by atomic mass is 19.3. The molecule has 0 saturated carbocycles. The first-order valence-electron chi connectivity index (χ1n) is 11.1. The van der Waals surface area contributed by atoms with E-state index in [1.54, 1.807) is 24.7 Å². The Labute approximate surface area is 203 Å². The lowest BCUT2D eigenvalue weighted by Crippen LogP contribution is -2.48. The van der Waals surface area contributed by atoms with Crippen molar-refractivity contribution >= 4 is 17.8 Å². The standard InChI is InChI=1S/C23H23F4N5O4/c1-3-36-22(35)16-15(11-32-8-6-23(26,27)18(32)21(33)34)29-19(20-28-7-9-31(20)2)30-17(16)12-4-5-13(24)14(25)10-12/h4-5,7,9-10,17-18H,3,6,8,11H2,1-2H3,(H,29,30)(H,33,34). The average molecular weight is 509 g/mol. The van der Waals surface area contributed by atoms with E-state index < -0.39 is 54.5 Å². The maximum absolute atomic E-state index is 14.4. The number of esters is 1. The number of carbonyl (C=O) groups excluding carboxylic acids is 1. The molecule has 2 N–H and O–H groups in total. The van der Waals surface area contributed by atoms with Crippen LogP contribution in [0.15, 0.2) is 46.9 Å². The van der Waals surface area contributed by atoms with Gasteiger partial charge in [-0.25, -0.2) is 27.3 Å². The number of imidazole rings is 1. The molecule has 0 bridgehead atoms. The molecule has 0 radical (unpaired) electrons. The van der Waals surface area contributed by atoms with Crippen molar-refractivity contribution in [2.45, 2.75) is 31.4 Å². The first kappa shape index (κ1) is 25.4. The fourth-order valence-electron chi connectivity index (χ4n) is 4.34. The lowest BCUT2D eigenvalue weighted by Gasteiger charge is -2.31. The topological polar surface area (TPSA) is 109 Å². The highest BCUT2D eigenvalue weighted by Gasteiger charge is 2.53. The third-order valence-electron chi connectivity index (χ3n) is 6.01. The quantitative estimate of drug-likeness (QED) is 0.436. The number of rotatable bonds is 7. The van der Waals surface area contributed by atoms with E-state index in [2.05, 4.69) is 15.3 Å². The van der Waals surface area contributed by atoms with Crippen LogP contribution < -0.4 is 5.32 Å². The summed E-state index contributed by atoms with van der Waals surface area (Å²) >= 11 is 0. The maximum atomic E-state index is 14.4. The highest BCUT2D eigenvalue weighted by Crippen LogP contribution is 2.37. The summed E-state index contributed by atoms with van der Waals surface area (Å²) in [7, 11) is 1.67. The number of nitrogens with one attached hydrogen (secondary N) is 1. The number of nitrogens with zero attached hydrogens (tertiary/aromatic N) is 4.